The molecular weight excluding hydrogens is 250 g/mol. The van der Waals surface area contributed by atoms with Gasteiger partial charge in [-0.05, 0) is 37.5 Å². The largest absolute Gasteiger partial charge is 0.331 e. The number of carbonyl (C=O) groups excluding carboxylic acids is 1. The number of likely N-dealkylation sites (tertiary alicyclic amines) is 1. The summed E-state index contributed by atoms with van der Waals surface area (Å²) in [6.45, 7) is 4.07. The van der Waals surface area contributed by atoms with E-state index in [1.807, 2.05) is 36.1 Å². The molecule has 2 rings (SSSR count). The third-order valence-corrected chi connectivity index (χ3v) is 3.45. The van der Waals surface area contributed by atoms with Gasteiger partial charge >= 0.3 is 6.03 Å². The Hall–Kier alpha value is -1.99. The van der Waals surface area contributed by atoms with Gasteiger partial charge in [0.05, 0.1) is 12.6 Å². The highest BCUT2D eigenvalue weighted by atomic mass is 16.2. The fourth-order valence-corrected chi connectivity index (χ4v) is 2.32. The van der Waals surface area contributed by atoms with Gasteiger partial charge in [-0.1, -0.05) is 24.0 Å². The second kappa shape index (κ2) is 6.97. The summed E-state index contributed by atoms with van der Waals surface area (Å²) in [5.41, 5.74) is 7.36. The zero-order valence-corrected chi connectivity index (χ0v) is 11.9. The first-order valence-electron chi connectivity index (χ1n) is 7.05. The molecule has 4 heteroatoms. The van der Waals surface area contributed by atoms with Gasteiger partial charge in [0.2, 0.25) is 0 Å². The van der Waals surface area contributed by atoms with Crippen molar-refractivity contribution in [1.29, 1.82) is 0 Å². The van der Waals surface area contributed by atoms with Gasteiger partial charge in [0.1, 0.15) is 0 Å². The molecule has 1 heterocycles. The number of rotatable bonds is 2. The van der Waals surface area contributed by atoms with E-state index >= 15 is 0 Å². The molecule has 0 saturated carbocycles. The van der Waals surface area contributed by atoms with E-state index in [1.165, 1.54) is 0 Å². The summed E-state index contributed by atoms with van der Waals surface area (Å²) in [6.07, 6.45) is 2.21. The number of hydrogen-bond acceptors (Lipinski definition) is 2. The number of nitrogens with one attached hydrogen (secondary N) is 1. The van der Waals surface area contributed by atoms with Gasteiger partial charge < -0.3 is 16.0 Å². The average molecular weight is 271 g/mol. The van der Waals surface area contributed by atoms with Crippen LogP contribution in [0.1, 0.15) is 36.9 Å². The normalized spacial score (nSPS) is 15.4. The van der Waals surface area contributed by atoms with Crippen LogP contribution in [0.4, 0.5) is 4.79 Å². The van der Waals surface area contributed by atoms with E-state index in [4.69, 9.17) is 5.73 Å². The van der Waals surface area contributed by atoms with Crippen LogP contribution in [-0.4, -0.2) is 30.6 Å². The molecule has 1 aromatic carbocycles. The summed E-state index contributed by atoms with van der Waals surface area (Å²) in [6, 6.07) is 7.89. The number of benzene rings is 1. The van der Waals surface area contributed by atoms with Crippen LogP contribution in [0, 0.1) is 11.8 Å². The molecule has 0 spiro atoms. The summed E-state index contributed by atoms with van der Waals surface area (Å²) in [5, 5.41) is 3.04. The van der Waals surface area contributed by atoms with Gasteiger partial charge in [0, 0.05) is 18.7 Å². The van der Waals surface area contributed by atoms with Crippen molar-refractivity contribution in [3.63, 3.8) is 0 Å². The summed E-state index contributed by atoms with van der Waals surface area (Å²) in [7, 11) is 0. The van der Waals surface area contributed by atoms with Crippen molar-refractivity contribution in [3.8, 4) is 11.8 Å². The molecule has 1 unspecified atom stereocenters. The molecule has 20 heavy (non-hydrogen) atoms. The zero-order valence-electron chi connectivity index (χ0n) is 11.9. The molecule has 0 aromatic heterocycles. The maximum absolute atomic E-state index is 12.1. The van der Waals surface area contributed by atoms with E-state index in [0.717, 1.165) is 37.1 Å². The van der Waals surface area contributed by atoms with E-state index in [1.54, 1.807) is 0 Å². The number of carbonyl (C=O) groups is 1. The van der Waals surface area contributed by atoms with Gasteiger partial charge in [-0.15, -0.1) is 0 Å². The van der Waals surface area contributed by atoms with Gasteiger partial charge in [-0.3, -0.25) is 0 Å². The van der Waals surface area contributed by atoms with Crippen molar-refractivity contribution >= 4 is 6.03 Å². The van der Waals surface area contributed by atoms with Crippen LogP contribution in [0.25, 0.3) is 0 Å². The highest BCUT2D eigenvalue weighted by Gasteiger charge is 2.19. The Morgan fingerprint density at radius 2 is 2.20 bits per heavy atom. The number of amides is 2. The number of hydrogen-bond donors (Lipinski definition) is 2. The Balaban J connectivity index is 2.01. The average Bonchev–Trinajstić information content (AvgIpc) is 2.99. The standard InChI is InChI=1S/C16H21N3O/c1-13(18-16(20)19-10-2-3-11-19)15-8-4-6-14(12-15)7-5-9-17/h4,6,8,12-13H,2-3,9-11,17H2,1H3,(H,18,20). The van der Waals surface area contributed by atoms with Crippen LogP contribution in [0.3, 0.4) is 0 Å². The smallest absolute Gasteiger partial charge is 0.317 e. The minimum atomic E-state index is -0.0253. The molecule has 0 radical (unpaired) electrons. The molecule has 1 atom stereocenters. The van der Waals surface area contributed by atoms with Crippen LogP contribution in [0.2, 0.25) is 0 Å². The Morgan fingerprint density at radius 1 is 1.45 bits per heavy atom. The third-order valence-electron chi connectivity index (χ3n) is 3.45. The maximum Gasteiger partial charge on any atom is 0.317 e. The fourth-order valence-electron chi connectivity index (χ4n) is 2.32. The van der Waals surface area contributed by atoms with Crippen LogP contribution in [0.15, 0.2) is 24.3 Å². The molecule has 1 aromatic rings. The lowest BCUT2D eigenvalue weighted by Crippen LogP contribution is -2.39. The Morgan fingerprint density at radius 3 is 2.90 bits per heavy atom. The van der Waals surface area contributed by atoms with E-state index in [0.29, 0.717) is 6.54 Å². The van der Waals surface area contributed by atoms with Gasteiger partial charge in [-0.2, -0.15) is 0 Å². The van der Waals surface area contributed by atoms with E-state index < -0.39 is 0 Å². The minimum Gasteiger partial charge on any atom is -0.331 e. The maximum atomic E-state index is 12.1. The lowest BCUT2D eigenvalue weighted by molar-refractivity contribution is 0.205. The fraction of sp³-hybridized carbons (Fsp3) is 0.438. The predicted molar refractivity (Wildman–Crippen MR) is 80.1 cm³/mol. The number of nitrogens with zero attached hydrogens (tertiary/aromatic N) is 1. The summed E-state index contributed by atoms with van der Waals surface area (Å²) < 4.78 is 0. The molecule has 0 bridgehead atoms. The van der Waals surface area contributed by atoms with Crippen LogP contribution >= 0.6 is 0 Å². The van der Waals surface area contributed by atoms with E-state index in [2.05, 4.69) is 17.2 Å². The van der Waals surface area contributed by atoms with Crippen molar-refractivity contribution in [3.05, 3.63) is 35.4 Å². The Bertz CT molecular complexity index is 524. The number of urea groups is 1. The monoisotopic (exact) mass is 271 g/mol. The quantitative estimate of drug-likeness (QED) is 0.807. The molecule has 106 valence electrons. The molecular formula is C16H21N3O. The highest BCUT2D eigenvalue weighted by molar-refractivity contribution is 5.75. The van der Waals surface area contributed by atoms with Crippen LogP contribution in [-0.2, 0) is 0 Å². The molecule has 1 saturated heterocycles. The molecule has 1 aliphatic rings. The summed E-state index contributed by atoms with van der Waals surface area (Å²) in [4.78, 5) is 13.9. The molecule has 4 nitrogen and oxygen atoms in total. The molecule has 1 fully saturated rings. The lowest BCUT2D eigenvalue weighted by atomic mass is 10.1. The highest BCUT2D eigenvalue weighted by Crippen LogP contribution is 2.15. The first-order valence-corrected chi connectivity index (χ1v) is 7.05. The van der Waals surface area contributed by atoms with Crippen molar-refractivity contribution in [2.75, 3.05) is 19.6 Å². The summed E-state index contributed by atoms with van der Waals surface area (Å²) in [5.74, 6) is 5.85. The van der Waals surface area contributed by atoms with E-state index in [9.17, 15) is 4.79 Å². The lowest BCUT2D eigenvalue weighted by Gasteiger charge is -2.20. The summed E-state index contributed by atoms with van der Waals surface area (Å²) >= 11 is 0. The van der Waals surface area contributed by atoms with E-state index in [-0.39, 0.29) is 12.1 Å². The molecule has 3 N–H and O–H groups in total. The second-order valence-corrected chi connectivity index (χ2v) is 5.00. The molecule has 0 aliphatic carbocycles. The first kappa shape index (κ1) is 14.4. The van der Waals surface area contributed by atoms with Gasteiger partial charge in [-0.25, -0.2) is 4.79 Å². The topological polar surface area (TPSA) is 58.4 Å². The van der Waals surface area contributed by atoms with Crippen molar-refractivity contribution in [1.82, 2.24) is 10.2 Å². The number of nitrogens with two attached hydrogens (primary N) is 1. The van der Waals surface area contributed by atoms with Crippen LogP contribution < -0.4 is 11.1 Å². The Kier molecular flexibility index (Phi) is 5.03. The van der Waals surface area contributed by atoms with Crippen LogP contribution in [0.5, 0.6) is 0 Å². The second-order valence-electron chi connectivity index (χ2n) is 5.00. The minimum absolute atomic E-state index is 0.0217. The zero-order chi connectivity index (χ0) is 14.4. The molecule has 2 amide bonds. The van der Waals surface area contributed by atoms with Gasteiger partial charge in [0.15, 0.2) is 0 Å². The molecule has 1 aliphatic heterocycles. The third kappa shape index (κ3) is 3.75. The Labute approximate surface area is 120 Å². The van der Waals surface area contributed by atoms with Crippen molar-refractivity contribution in [2.45, 2.75) is 25.8 Å². The SMILES string of the molecule is CC(NC(=O)N1CCCC1)c1cccc(C#CCN)c1. The van der Waals surface area contributed by atoms with Crippen molar-refractivity contribution in [2.24, 2.45) is 5.73 Å². The van der Waals surface area contributed by atoms with Crippen molar-refractivity contribution < 1.29 is 4.79 Å². The first-order chi connectivity index (χ1) is 9.70. The predicted octanol–water partition coefficient (Wildman–Crippen LogP) is 1.86. The van der Waals surface area contributed by atoms with Gasteiger partial charge in [0.25, 0.3) is 0 Å².